The molecule has 178 valence electrons. The third-order valence-corrected chi connectivity index (χ3v) is 6.87. The molecule has 1 N–H and O–H groups in total. The predicted molar refractivity (Wildman–Crippen MR) is 137 cm³/mol. The molecule has 0 bridgehead atoms. The van der Waals surface area contributed by atoms with Crippen LogP contribution in [0, 0.1) is 20.8 Å². The van der Waals surface area contributed by atoms with E-state index in [1.165, 1.54) is 5.56 Å². The Balaban J connectivity index is 1.47. The topological polar surface area (TPSA) is 107 Å². The Morgan fingerprint density at radius 1 is 1.00 bits per heavy atom. The number of aryl methyl sites for hydroxylation is 3. The van der Waals surface area contributed by atoms with Crippen LogP contribution >= 0.6 is 0 Å². The number of nitrogens with zero attached hydrogens (tertiary/aromatic N) is 7. The maximum atomic E-state index is 13.6. The molecule has 4 aromatic heterocycles. The number of hydrogen-bond donors (Lipinski definition) is 1. The molecule has 0 fully saturated rings. The van der Waals surface area contributed by atoms with Gasteiger partial charge in [0.15, 0.2) is 5.65 Å². The fourth-order valence-corrected chi connectivity index (χ4v) is 4.73. The van der Waals surface area contributed by atoms with E-state index in [0.717, 1.165) is 51.3 Å². The lowest BCUT2D eigenvalue weighted by Gasteiger charge is -2.11. The van der Waals surface area contributed by atoms with Crippen LogP contribution in [0.3, 0.4) is 0 Å². The lowest BCUT2D eigenvalue weighted by molar-refractivity contribution is 0.0965. The van der Waals surface area contributed by atoms with E-state index in [4.69, 9.17) is 9.97 Å². The van der Waals surface area contributed by atoms with Crippen LogP contribution in [-0.4, -0.2) is 45.6 Å². The molecule has 9 heteroatoms. The predicted octanol–water partition coefficient (Wildman–Crippen LogP) is 4.73. The number of rotatable bonds is 4. The summed E-state index contributed by atoms with van der Waals surface area (Å²) in [6.07, 6.45) is 2.57. The Morgan fingerprint density at radius 3 is 2.61 bits per heavy atom. The van der Waals surface area contributed by atoms with Gasteiger partial charge >= 0.3 is 0 Å². The highest BCUT2D eigenvalue weighted by atomic mass is 16.2. The fourth-order valence-electron chi connectivity index (χ4n) is 4.73. The van der Waals surface area contributed by atoms with Crippen LogP contribution in [0.1, 0.15) is 39.9 Å². The van der Waals surface area contributed by atoms with Crippen molar-refractivity contribution in [1.82, 2.24) is 39.7 Å². The first kappa shape index (κ1) is 21.8. The zero-order valence-electron chi connectivity index (χ0n) is 20.4. The number of carbonyl (C=O) groups excluding carboxylic acids is 1. The summed E-state index contributed by atoms with van der Waals surface area (Å²) in [5.74, 6) is 1.17. The summed E-state index contributed by atoms with van der Waals surface area (Å²) < 4.78 is 3.78. The van der Waals surface area contributed by atoms with Crippen LogP contribution in [0.25, 0.3) is 39.1 Å². The molecule has 0 saturated heterocycles. The number of nitrogens with one attached hydrogen (secondary N) is 1. The van der Waals surface area contributed by atoms with Gasteiger partial charge in [0.25, 0.3) is 5.91 Å². The first-order valence-electron chi connectivity index (χ1n) is 11.8. The number of hydrogen-bond acceptors (Lipinski definition) is 6. The monoisotopic (exact) mass is 476 g/mol. The van der Waals surface area contributed by atoms with Gasteiger partial charge in [-0.3, -0.25) is 13.9 Å². The molecule has 4 heterocycles. The van der Waals surface area contributed by atoms with E-state index in [1.807, 2.05) is 43.3 Å². The summed E-state index contributed by atoms with van der Waals surface area (Å²) in [7, 11) is 0. The van der Waals surface area contributed by atoms with Crippen LogP contribution in [0.4, 0.5) is 0 Å². The Labute approximate surface area is 206 Å². The number of pyridine rings is 1. The van der Waals surface area contributed by atoms with Crippen molar-refractivity contribution in [3.63, 3.8) is 0 Å². The molecule has 6 rings (SSSR count). The molecule has 0 atom stereocenters. The molecule has 0 saturated carbocycles. The first-order valence-corrected chi connectivity index (χ1v) is 11.8. The molecule has 6 aromatic rings. The van der Waals surface area contributed by atoms with E-state index < -0.39 is 0 Å². The van der Waals surface area contributed by atoms with Gasteiger partial charge in [-0.2, -0.15) is 5.21 Å². The van der Waals surface area contributed by atoms with Crippen molar-refractivity contribution in [2.45, 2.75) is 34.1 Å². The minimum Gasteiger partial charge on any atom is -0.283 e. The average Bonchev–Trinajstić information content (AvgIpc) is 3.65. The summed E-state index contributed by atoms with van der Waals surface area (Å²) in [5.41, 5.74) is 8.02. The van der Waals surface area contributed by atoms with Gasteiger partial charge in [-0.1, -0.05) is 25.1 Å². The van der Waals surface area contributed by atoms with E-state index in [-0.39, 0.29) is 5.91 Å². The molecule has 0 unspecified atom stereocenters. The summed E-state index contributed by atoms with van der Waals surface area (Å²) in [6, 6.07) is 15.3. The van der Waals surface area contributed by atoms with Crippen molar-refractivity contribution >= 4 is 28.0 Å². The van der Waals surface area contributed by atoms with Gasteiger partial charge in [-0.05, 0) is 67.4 Å². The summed E-state index contributed by atoms with van der Waals surface area (Å²) >= 11 is 0. The van der Waals surface area contributed by atoms with Gasteiger partial charge < -0.3 is 0 Å². The largest absolute Gasteiger partial charge is 0.283 e. The van der Waals surface area contributed by atoms with E-state index in [0.29, 0.717) is 17.0 Å². The van der Waals surface area contributed by atoms with Crippen molar-refractivity contribution in [1.29, 1.82) is 0 Å². The van der Waals surface area contributed by atoms with Gasteiger partial charge in [-0.15, -0.1) is 10.2 Å². The Bertz CT molecular complexity index is 1780. The Kier molecular flexibility index (Phi) is 4.99. The average molecular weight is 477 g/mol. The second-order valence-corrected chi connectivity index (χ2v) is 8.85. The second-order valence-electron chi connectivity index (χ2n) is 8.85. The number of fused-ring (bicyclic) bond motifs is 2. The van der Waals surface area contributed by atoms with E-state index >= 15 is 0 Å². The zero-order valence-corrected chi connectivity index (χ0v) is 20.4. The van der Waals surface area contributed by atoms with Crippen LogP contribution in [0.5, 0.6) is 0 Å². The molecule has 2 aromatic carbocycles. The number of aromatic nitrogens is 8. The number of tetrazole rings is 1. The van der Waals surface area contributed by atoms with Crippen LogP contribution in [0.2, 0.25) is 0 Å². The van der Waals surface area contributed by atoms with Crippen molar-refractivity contribution in [3.05, 3.63) is 82.9 Å². The van der Waals surface area contributed by atoms with Gasteiger partial charge in [0.2, 0.25) is 5.82 Å². The molecule has 0 aliphatic heterocycles. The molecule has 0 aliphatic carbocycles. The lowest BCUT2D eigenvalue weighted by Crippen LogP contribution is -2.12. The summed E-state index contributed by atoms with van der Waals surface area (Å²) in [5, 5.41) is 15.1. The molecular formula is C27H24N8O. The quantitative estimate of drug-likeness (QED) is 0.394. The fraction of sp³-hybridized carbons (Fsp3) is 0.185. The highest BCUT2D eigenvalue weighted by Gasteiger charge is 2.20. The highest BCUT2D eigenvalue weighted by Crippen LogP contribution is 2.29. The number of H-pyrrole nitrogens is 1. The number of carbonyl (C=O) groups is 1. The summed E-state index contributed by atoms with van der Waals surface area (Å²) in [6.45, 7) is 8.32. The van der Waals surface area contributed by atoms with Gasteiger partial charge in [0.1, 0.15) is 11.3 Å². The zero-order chi connectivity index (χ0) is 25.0. The van der Waals surface area contributed by atoms with Gasteiger partial charge in [0, 0.05) is 34.9 Å². The highest BCUT2D eigenvalue weighted by molar-refractivity contribution is 6.06. The molecule has 9 nitrogen and oxygen atoms in total. The van der Waals surface area contributed by atoms with Crippen molar-refractivity contribution in [3.8, 4) is 17.1 Å². The molecular weight excluding hydrogens is 452 g/mol. The Hall–Kier alpha value is -4.66. The third-order valence-electron chi connectivity index (χ3n) is 6.87. The normalized spacial score (nSPS) is 11.6. The van der Waals surface area contributed by atoms with Crippen molar-refractivity contribution in [2.24, 2.45) is 0 Å². The number of benzene rings is 2. The number of imidazole rings is 1. The lowest BCUT2D eigenvalue weighted by atomic mass is 10.1. The third kappa shape index (κ3) is 3.24. The van der Waals surface area contributed by atoms with Gasteiger partial charge in [0.05, 0.1) is 11.1 Å². The van der Waals surface area contributed by atoms with Crippen molar-refractivity contribution in [2.75, 3.05) is 0 Å². The summed E-state index contributed by atoms with van der Waals surface area (Å²) in [4.78, 5) is 23.4. The van der Waals surface area contributed by atoms with Gasteiger partial charge in [-0.25, -0.2) is 9.97 Å². The minimum atomic E-state index is -0.163. The second kappa shape index (κ2) is 8.23. The van der Waals surface area contributed by atoms with Crippen LogP contribution in [-0.2, 0) is 6.42 Å². The maximum Gasteiger partial charge on any atom is 0.263 e. The Morgan fingerprint density at radius 2 is 1.83 bits per heavy atom. The SMILES string of the molecule is CCc1nc2c(C)c(C)c(C)nc2n1-c1ccc2c(ccn2C(=O)c2ccccc2-c2nn[nH]n2)c1. The molecule has 0 aliphatic rings. The maximum absolute atomic E-state index is 13.6. The molecule has 36 heavy (non-hydrogen) atoms. The van der Waals surface area contributed by atoms with E-state index in [1.54, 1.807) is 16.8 Å². The number of aromatic amines is 1. The van der Waals surface area contributed by atoms with E-state index in [9.17, 15) is 4.79 Å². The molecule has 0 radical (unpaired) electrons. The minimum absolute atomic E-state index is 0.163. The first-order chi connectivity index (χ1) is 17.5. The van der Waals surface area contributed by atoms with E-state index in [2.05, 4.69) is 52.0 Å². The standard InChI is InChI=1S/C27H24N8O/c1-5-23-29-24-16(3)15(2)17(4)28-26(24)35(23)19-10-11-22-18(14-19)12-13-34(22)27(36)21-9-7-6-8-20(21)25-30-32-33-31-25/h6-14H,5H2,1-4H3,(H,30,31,32,33). The smallest absolute Gasteiger partial charge is 0.263 e. The van der Waals surface area contributed by atoms with Crippen molar-refractivity contribution < 1.29 is 4.79 Å². The molecule has 0 amide bonds. The van der Waals surface area contributed by atoms with Crippen LogP contribution < -0.4 is 0 Å². The molecule has 0 spiro atoms. The van der Waals surface area contributed by atoms with Crippen LogP contribution in [0.15, 0.2) is 54.7 Å².